The Balaban J connectivity index is 0.00000441. The molecule has 132 valence electrons. The van der Waals surface area contributed by atoms with Gasteiger partial charge in [0.1, 0.15) is 0 Å². The van der Waals surface area contributed by atoms with E-state index in [1.165, 1.54) is 4.90 Å². The van der Waals surface area contributed by atoms with Gasteiger partial charge in [-0.3, -0.25) is 9.89 Å². The van der Waals surface area contributed by atoms with Gasteiger partial charge in [-0.2, -0.15) is 13.2 Å². The van der Waals surface area contributed by atoms with Crippen LogP contribution in [0.15, 0.2) is 4.99 Å². The van der Waals surface area contributed by atoms with Gasteiger partial charge in [0.05, 0.1) is 6.54 Å². The molecular weight excluding hydrogens is 408 g/mol. The summed E-state index contributed by atoms with van der Waals surface area (Å²) in [6.07, 6.45) is -2.33. The highest BCUT2D eigenvalue weighted by Crippen LogP contribution is 2.22. The van der Waals surface area contributed by atoms with Crippen LogP contribution in [0, 0.1) is 5.92 Å². The third kappa shape index (κ3) is 9.02. The number of alkyl halides is 3. The molecule has 0 aromatic heterocycles. The molecular formula is C14H28F3IN4. The van der Waals surface area contributed by atoms with Crippen molar-refractivity contribution in [1.29, 1.82) is 0 Å². The topological polar surface area (TPSA) is 39.7 Å². The smallest absolute Gasteiger partial charge is 0.357 e. The van der Waals surface area contributed by atoms with Crippen molar-refractivity contribution in [2.45, 2.75) is 45.8 Å². The molecule has 1 saturated heterocycles. The maximum atomic E-state index is 12.3. The zero-order valence-corrected chi connectivity index (χ0v) is 15.9. The van der Waals surface area contributed by atoms with Crippen LogP contribution in [0.25, 0.3) is 0 Å². The summed E-state index contributed by atoms with van der Waals surface area (Å²) >= 11 is 0. The lowest BCUT2D eigenvalue weighted by Crippen LogP contribution is -2.42. The molecule has 0 aromatic rings. The number of halogens is 4. The number of nitrogens with zero attached hydrogens (tertiary/aromatic N) is 2. The predicted octanol–water partition coefficient (Wildman–Crippen LogP) is 2.84. The van der Waals surface area contributed by atoms with Gasteiger partial charge in [-0.05, 0) is 39.2 Å². The van der Waals surface area contributed by atoms with Gasteiger partial charge in [0.25, 0.3) is 0 Å². The first-order valence-corrected chi connectivity index (χ1v) is 7.68. The second-order valence-corrected chi connectivity index (χ2v) is 5.68. The molecule has 1 rings (SSSR count). The zero-order chi connectivity index (χ0) is 15.9. The lowest BCUT2D eigenvalue weighted by Gasteiger charge is -2.18. The number of aliphatic imine (C=N–C) groups is 1. The summed E-state index contributed by atoms with van der Waals surface area (Å²) in [6.45, 7) is 7.68. The van der Waals surface area contributed by atoms with E-state index in [4.69, 9.17) is 0 Å². The van der Waals surface area contributed by atoms with Gasteiger partial charge in [-0.15, -0.1) is 24.0 Å². The summed E-state index contributed by atoms with van der Waals surface area (Å²) in [7, 11) is 0. The van der Waals surface area contributed by atoms with Crippen LogP contribution in [0.3, 0.4) is 0 Å². The lowest BCUT2D eigenvalue weighted by molar-refractivity contribution is -0.143. The van der Waals surface area contributed by atoms with Crippen molar-refractivity contribution in [3.63, 3.8) is 0 Å². The molecule has 8 heteroatoms. The minimum absolute atomic E-state index is 0. The van der Waals surface area contributed by atoms with Gasteiger partial charge >= 0.3 is 6.18 Å². The number of rotatable bonds is 6. The molecule has 2 unspecified atom stereocenters. The Labute approximate surface area is 148 Å². The van der Waals surface area contributed by atoms with Crippen LogP contribution in [0.2, 0.25) is 0 Å². The summed E-state index contributed by atoms with van der Waals surface area (Å²) in [5.74, 6) is 0.959. The van der Waals surface area contributed by atoms with Crippen molar-refractivity contribution >= 4 is 29.9 Å². The van der Waals surface area contributed by atoms with Crippen LogP contribution in [0.4, 0.5) is 13.2 Å². The van der Waals surface area contributed by atoms with Gasteiger partial charge in [0.15, 0.2) is 5.96 Å². The van der Waals surface area contributed by atoms with E-state index in [1.807, 2.05) is 6.92 Å². The average Bonchev–Trinajstić information content (AvgIpc) is 2.81. The van der Waals surface area contributed by atoms with Crippen molar-refractivity contribution in [3.05, 3.63) is 0 Å². The van der Waals surface area contributed by atoms with E-state index >= 15 is 0 Å². The van der Waals surface area contributed by atoms with Crippen LogP contribution < -0.4 is 10.6 Å². The van der Waals surface area contributed by atoms with Crippen LogP contribution in [0.1, 0.15) is 33.6 Å². The molecule has 0 amide bonds. The van der Waals surface area contributed by atoms with E-state index in [9.17, 15) is 13.2 Å². The molecule has 0 radical (unpaired) electrons. The van der Waals surface area contributed by atoms with Crippen LogP contribution >= 0.6 is 24.0 Å². The lowest BCUT2D eigenvalue weighted by atomic mass is 10.1. The third-order valence-corrected chi connectivity index (χ3v) is 3.62. The Morgan fingerprint density at radius 3 is 2.59 bits per heavy atom. The number of likely N-dealkylation sites (tertiary alicyclic amines) is 1. The van der Waals surface area contributed by atoms with Crippen LogP contribution in [0.5, 0.6) is 0 Å². The van der Waals surface area contributed by atoms with E-state index in [1.54, 1.807) is 0 Å². The van der Waals surface area contributed by atoms with Crippen LogP contribution in [-0.4, -0.2) is 55.8 Å². The number of nitrogens with one attached hydrogen (secondary N) is 2. The summed E-state index contributed by atoms with van der Waals surface area (Å²) < 4.78 is 37.0. The summed E-state index contributed by atoms with van der Waals surface area (Å²) in [4.78, 5) is 5.97. The monoisotopic (exact) mass is 436 g/mol. The van der Waals surface area contributed by atoms with Crippen molar-refractivity contribution in [1.82, 2.24) is 15.5 Å². The first-order valence-electron chi connectivity index (χ1n) is 7.68. The maximum absolute atomic E-state index is 12.3. The molecule has 1 aliphatic rings. The molecule has 4 nitrogen and oxygen atoms in total. The number of hydrogen-bond acceptors (Lipinski definition) is 2. The molecule has 1 heterocycles. The minimum Gasteiger partial charge on any atom is -0.357 e. The van der Waals surface area contributed by atoms with Gasteiger partial charge in [-0.1, -0.05) is 6.92 Å². The fourth-order valence-corrected chi connectivity index (χ4v) is 2.33. The largest absolute Gasteiger partial charge is 0.401 e. The summed E-state index contributed by atoms with van der Waals surface area (Å²) in [5.41, 5.74) is 0. The van der Waals surface area contributed by atoms with E-state index in [-0.39, 0.29) is 29.9 Å². The fourth-order valence-electron chi connectivity index (χ4n) is 2.33. The Hall–Kier alpha value is -0.250. The second kappa shape index (κ2) is 10.5. The molecule has 0 aliphatic carbocycles. The zero-order valence-electron chi connectivity index (χ0n) is 13.5. The molecule has 0 spiro atoms. The van der Waals surface area contributed by atoms with Crippen molar-refractivity contribution in [3.8, 4) is 0 Å². The van der Waals surface area contributed by atoms with E-state index in [0.717, 1.165) is 25.3 Å². The maximum Gasteiger partial charge on any atom is 0.401 e. The SMILES string of the molecule is CCNC(=NCC1CCN(CC(F)(F)F)C1)NC(C)CC.I. The van der Waals surface area contributed by atoms with E-state index < -0.39 is 12.7 Å². The highest BCUT2D eigenvalue weighted by molar-refractivity contribution is 14.0. The first-order chi connectivity index (χ1) is 9.84. The highest BCUT2D eigenvalue weighted by atomic mass is 127. The molecule has 1 fully saturated rings. The molecule has 0 saturated carbocycles. The average molecular weight is 436 g/mol. The molecule has 1 aliphatic heterocycles. The van der Waals surface area contributed by atoms with E-state index in [0.29, 0.717) is 25.7 Å². The first kappa shape index (κ1) is 21.8. The molecule has 2 N–H and O–H groups in total. The molecule has 22 heavy (non-hydrogen) atoms. The number of hydrogen-bond donors (Lipinski definition) is 2. The molecule has 0 aromatic carbocycles. The van der Waals surface area contributed by atoms with Gasteiger partial charge in [0, 0.05) is 25.7 Å². The Kier molecular flexibility index (Phi) is 10.4. The highest BCUT2D eigenvalue weighted by Gasteiger charge is 2.34. The molecule has 0 bridgehead atoms. The standard InChI is InChI=1S/C14H27F3N4.HI/c1-4-11(3)20-13(18-5-2)19-8-12-6-7-21(9-12)10-14(15,16)17;/h11-12H,4-10H2,1-3H3,(H2,18,19,20);1H. The van der Waals surface area contributed by atoms with Gasteiger partial charge < -0.3 is 10.6 Å². The predicted molar refractivity (Wildman–Crippen MR) is 94.9 cm³/mol. The quantitative estimate of drug-likeness (QED) is 0.382. The Morgan fingerprint density at radius 1 is 1.36 bits per heavy atom. The minimum atomic E-state index is -4.11. The Bertz CT molecular complexity index is 337. The third-order valence-electron chi connectivity index (χ3n) is 3.62. The van der Waals surface area contributed by atoms with Gasteiger partial charge in [0.2, 0.25) is 0 Å². The van der Waals surface area contributed by atoms with Crippen molar-refractivity contribution in [2.24, 2.45) is 10.9 Å². The van der Waals surface area contributed by atoms with Gasteiger partial charge in [-0.25, -0.2) is 0 Å². The van der Waals surface area contributed by atoms with Crippen LogP contribution in [-0.2, 0) is 0 Å². The number of guanidine groups is 1. The Morgan fingerprint density at radius 2 is 2.05 bits per heavy atom. The second-order valence-electron chi connectivity index (χ2n) is 5.68. The fraction of sp³-hybridized carbons (Fsp3) is 0.929. The van der Waals surface area contributed by atoms with Crippen molar-refractivity contribution < 1.29 is 13.2 Å². The van der Waals surface area contributed by atoms with E-state index in [2.05, 4.69) is 29.5 Å². The molecule has 2 atom stereocenters. The summed E-state index contributed by atoms with van der Waals surface area (Å²) in [6, 6.07) is 0.327. The summed E-state index contributed by atoms with van der Waals surface area (Å²) in [5, 5.41) is 6.45. The van der Waals surface area contributed by atoms with Crippen molar-refractivity contribution in [2.75, 3.05) is 32.7 Å². The normalized spacial score (nSPS) is 21.4.